The topological polar surface area (TPSA) is 39.2 Å². The van der Waals surface area contributed by atoms with Crippen LogP contribution in [0.2, 0.25) is 0 Å². The highest BCUT2D eigenvalue weighted by atomic mass is 32.2. The molecule has 1 unspecified atom stereocenters. The van der Waals surface area contributed by atoms with Crippen molar-refractivity contribution in [3.05, 3.63) is 24.0 Å². The van der Waals surface area contributed by atoms with Gasteiger partial charge in [-0.05, 0) is 34.4 Å². The van der Waals surface area contributed by atoms with Crippen LogP contribution >= 0.6 is 0 Å². The van der Waals surface area contributed by atoms with E-state index >= 15 is 0 Å². The number of ether oxygens (including phenoxy) is 1. The maximum atomic E-state index is 11.5. The summed E-state index contributed by atoms with van der Waals surface area (Å²) in [5.41, 5.74) is 0.847. The van der Waals surface area contributed by atoms with E-state index in [0.717, 1.165) is 5.69 Å². The van der Waals surface area contributed by atoms with E-state index in [0.29, 0.717) is 18.1 Å². The predicted molar refractivity (Wildman–Crippen MR) is 77.1 cm³/mol. The molecule has 0 aromatic carbocycles. The van der Waals surface area contributed by atoms with Gasteiger partial charge in [-0.2, -0.15) is 0 Å². The average Bonchev–Trinajstić information content (AvgIpc) is 2.28. The Balaban J connectivity index is 0. The van der Waals surface area contributed by atoms with Crippen molar-refractivity contribution in [3.8, 4) is 0 Å². The first-order valence-electron chi connectivity index (χ1n) is 5.39. The van der Waals surface area contributed by atoms with E-state index in [4.69, 9.17) is 4.74 Å². The average molecular weight is 259 g/mol. The van der Waals surface area contributed by atoms with Crippen LogP contribution in [0.25, 0.3) is 0 Å². The Hall–Kier alpha value is -0.870. The van der Waals surface area contributed by atoms with Gasteiger partial charge in [0.2, 0.25) is 0 Å². The van der Waals surface area contributed by atoms with Crippen molar-refractivity contribution in [2.24, 2.45) is 0 Å². The Kier molecular flexibility index (Phi) is 10.00. The van der Waals surface area contributed by atoms with Gasteiger partial charge in [-0.25, -0.2) is 0 Å². The van der Waals surface area contributed by atoms with Crippen molar-refractivity contribution in [3.63, 3.8) is 0 Å². The maximum Gasteiger partial charge on any atom is 0.0887 e. The number of hydrogen-bond donors (Lipinski definition) is 0. The molecule has 0 aliphatic heterocycles. The molecule has 3 nitrogen and oxygen atoms in total. The third kappa shape index (κ3) is 7.13. The minimum absolute atomic E-state index is 0. The molecule has 0 spiro atoms. The Bertz CT molecular complexity index is 382. The number of hydrogen-bond acceptors (Lipinski definition) is 3. The van der Waals surface area contributed by atoms with Gasteiger partial charge in [-0.1, -0.05) is 21.3 Å². The summed E-state index contributed by atoms with van der Waals surface area (Å²) >= 11 is 0. The first-order valence-corrected chi connectivity index (χ1v) is 7.52. The number of rotatable bonds is 4. The van der Waals surface area contributed by atoms with E-state index in [9.17, 15) is 4.21 Å². The Labute approximate surface area is 106 Å². The van der Waals surface area contributed by atoms with Gasteiger partial charge in [0.05, 0.1) is 12.3 Å². The van der Waals surface area contributed by atoms with Crippen molar-refractivity contribution < 1.29 is 8.95 Å². The Morgan fingerprint density at radius 3 is 2.35 bits per heavy atom. The second-order valence-corrected chi connectivity index (χ2v) is 5.61. The summed E-state index contributed by atoms with van der Waals surface area (Å²) in [5.74, 6) is 3.59. The van der Waals surface area contributed by atoms with Crippen LogP contribution < -0.4 is 0 Å². The molecular weight excluding hydrogens is 234 g/mol. The molecule has 0 saturated carbocycles. The van der Waals surface area contributed by atoms with Crippen LogP contribution in [0.5, 0.6) is 0 Å². The normalized spacial score (nSPS) is 12.7. The largest absolute Gasteiger partial charge is 0.375 e. The third-order valence-corrected chi connectivity index (χ3v) is 2.99. The molecule has 0 N–H and O–H groups in total. The molecule has 0 aliphatic rings. The molecule has 17 heavy (non-hydrogen) atoms. The van der Waals surface area contributed by atoms with Crippen LogP contribution in [0.3, 0.4) is 0 Å². The van der Waals surface area contributed by atoms with Crippen LogP contribution in [0.1, 0.15) is 33.9 Å². The SMILES string of the molecule is C.C=S(C)(=O)c1ccc(COCC)nc1.CC. The van der Waals surface area contributed by atoms with Gasteiger partial charge >= 0.3 is 0 Å². The zero-order valence-electron chi connectivity index (χ0n) is 10.5. The molecule has 0 saturated heterocycles. The summed E-state index contributed by atoms with van der Waals surface area (Å²) < 4.78 is 16.7. The lowest BCUT2D eigenvalue weighted by Gasteiger charge is -2.04. The fourth-order valence-corrected chi connectivity index (χ4v) is 1.59. The van der Waals surface area contributed by atoms with Crippen molar-refractivity contribution in [1.82, 2.24) is 4.98 Å². The second kappa shape index (κ2) is 9.19. The molecule has 0 bridgehead atoms. The van der Waals surface area contributed by atoms with Crippen LogP contribution in [-0.2, 0) is 20.9 Å². The number of pyridine rings is 1. The molecule has 1 aromatic heterocycles. The zero-order chi connectivity index (χ0) is 12.6. The molecule has 1 heterocycles. The second-order valence-electron chi connectivity index (χ2n) is 3.13. The molecule has 4 heteroatoms. The van der Waals surface area contributed by atoms with E-state index in [1.807, 2.05) is 26.8 Å². The van der Waals surface area contributed by atoms with Crippen LogP contribution in [0, 0.1) is 0 Å². The standard InChI is InChI=1S/C10H15NO2S.C2H6.CH4/c1-4-13-8-9-5-6-10(7-11-9)14(2,3)12;1-2;/h5-7H,2,4,8H2,1,3H3;1-2H3;1H4. The summed E-state index contributed by atoms with van der Waals surface area (Å²) in [6, 6.07) is 3.61. The van der Waals surface area contributed by atoms with Gasteiger partial charge in [-0.15, -0.1) is 0 Å². The molecule has 0 fully saturated rings. The van der Waals surface area contributed by atoms with Crippen molar-refractivity contribution >= 4 is 15.4 Å². The van der Waals surface area contributed by atoms with E-state index in [-0.39, 0.29) is 7.43 Å². The van der Waals surface area contributed by atoms with Crippen LogP contribution in [0.4, 0.5) is 0 Å². The van der Waals surface area contributed by atoms with Gasteiger partial charge in [0.25, 0.3) is 0 Å². The lowest BCUT2D eigenvalue weighted by Crippen LogP contribution is -2.00. The molecule has 100 valence electrons. The highest BCUT2D eigenvalue weighted by Gasteiger charge is 2.01. The van der Waals surface area contributed by atoms with E-state index in [2.05, 4.69) is 10.9 Å². The Morgan fingerprint density at radius 2 is 2.00 bits per heavy atom. The first kappa shape index (κ1) is 18.5. The molecule has 0 radical (unpaired) electrons. The molecule has 0 aliphatic carbocycles. The molecule has 1 rings (SSSR count). The monoisotopic (exact) mass is 259 g/mol. The van der Waals surface area contributed by atoms with Crippen LogP contribution in [-0.4, -0.2) is 27.9 Å². The third-order valence-electron chi connectivity index (χ3n) is 1.75. The number of nitrogens with zero attached hydrogens (tertiary/aromatic N) is 1. The van der Waals surface area contributed by atoms with Gasteiger partial charge in [0.1, 0.15) is 0 Å². The minimum atomic E-state index is -2.14. The fourth-order valence-electron chi connectivity index (χ4n) is 0.958. The van der Waals surface area contributed by atoms with E-state index < -0.39 is 9.52 Å². The Morgan fingerprint density at radius 1 is 1.41 bits per heavy atom. The van der Waals surface area contributed by atoms with Gasteiger partial charge in [0, 0.05) is 24.0 Å². The van der Waals surface area contributed by atoms with Crippen molar-refractivity contribution in [1.29, 1.82) is 0 Å². The molecule has 1 aromatic rings. The van der Waals surface area contributed by atoms with Crippen molar-refractivity contribution in [2.45, 2.75) is 39.7 Å². The minimum Gasteiger partial charge on any atom is -0.375 e. The summed E-state index contributed by atoms with van der Waals surface area (Å²) in [5, 5.41) is 0. The predicted octanol–water partition coefficient (Wildman–Crippen LogP) is 2.99. The highest BCUT2D eigenvalue weighted by Crippen LogP contribution is 2.07. The van der Waals surface area contributed by atoms with Gasteiger partial charge in [-0.3, -0.25) is 9.19 Å². The summed E-state index contributed by atoms with van der Waals surface area (Å²) in [4.78, 5) is 4.82. The quantitative estimate of drug-likeness (QED) is 0.780. The summed E-state index contributed by atoms with van der Waals surface area (Å²) in [6.07, 6.45) is 3.20. The van der Waals surface area contributed by atoms with E-state index in [1.165, 1.54) is 0 Å². The number of aromatic nitrogens is 1. The molecule has 0 amide bonds. The van der Waals surface area contributed by atoms with Crippen molar-refractivity contribution in [2.75, 3.05) is 12.9 Å². The fraction of sp³-hybridized carbons (Fsp3) is 0.538. The van der Waals surface area contributed by atoms with Gasteiger partial charge < -0.3 is 4.74 Å². The lowest BCUT2D eigenvalue weighted by molar-refractivity contribution is 0.131. The van der Waals surface area contributed by atoms with E-state index in [1.54, 1.807) is 18.5 Å². The van der Waals surface area contributed by atoms with Crippen LogP contribution in [0.15, 0.2) is 23.2 Å². The first-order chi connectivity index (χ1) is 7.54. The maximum absolute atomic E-state index is 11.5. The zero-order valence-corrected chi connectivity index (χ0v) is 11.3. The summed E-state index contributed by atoms with van der Waals surface area (Å²) in [6.45, 7) is 7.10. The smallest absolute Gasteiger partial charge is 0.0887 e. The molecule has 1 atom stereocenters. The molecular formula is C13H25NO2S. The highest BCUT2D eigenvalue weighted by molar-refractivity contribution is 7.99. The van der Waals surface area contributed by atoms with Gasteiger partial charge in [0.15, 0.2) is 0 Å². The lowest BCUT2D eigenvalue weighted by atomic mass is 10.4. The summed E-state index contributed by atoms with van der Waals surface area (Å²) in [7, 11) is -2.14.